The predicted octanol–water partition coefficient (Wildman–Crippen LogP) is -0.0512. The summed E-state index contributed by atoms with van der Waals surface area (Å²) in [5.74, 6) is 0.222. The molecule has 1 atom stereocenters. The van der Waals surface area contributed by atoms with Crippen molar-refractivity contribution in [3.05, 3.63) is 0 Å². The Kier molecular flexibility index (Phi) is 3.59. The molecule has 0 aromatic carbocycles. The molecular weight excluding hydrogens is 190 g/mol. The molecule has 1 aliphatic heterocycles. The van der Waals surface area contributed by atoms with E-state index in [-0.39, 0.29) is 5.91 Å². The van der Waals surface area contributed by atoms with Gasteiger partial charge >= 0.3 is 0 Å². The molecule has 4 nitrogen and oxygen atoms in total. The highest BCUT2D eigenvalue weighted by atomic mass is 16.1. The van der Waals surface area contributed by atoms with Gasteiger partial charge in [0.1, 0.15) is 0 Å². The molecule has 86 valence electrons. The van der Waals surface area contributed by atoms with Crippen molar-refractivity contribution in [2.75, 3.05) is 26.7 Å². The molecule has 1 aliphatic carbocycles. The Balaban J connectivity index is 1.71. The minimum absolute atomic E-state index is 0.222. The van der Waals surface area contributed by atoms with Crippen LogP contribution < -0.4 is 10.6 Å². The topological polar surface area (TPSA) is 44.4 Å². The molecule has 1 heterocycles. The van der Waals surface area contributed by atoms with E-state index in [9.17, 15) is 4.79 Å². The molecule has 2 N–H and O–H groups in total. The van der Waals surface area contributed by atoms with Crippen LogP contribution in [0.2, 0.25) is 0 Å². The van der Waals surface area contributed by atoms with Crippen LogP contribution in [-0.2, 0) is 4.79 Å². The highest BCUT2D eigenvalue weighted by Crippen LogP contribution is 2.18. The standard InChI is InChI=1S/C11H21N3O/c1-14-6-5-12-8-10(14)7-11(15)13-9-3-2-4-9/h9-10,12H,2-8H2,1H3,(H,13,15). The van der Waals surface area contributed by atoms with E-state index in [1.54, 1.807) is 0 Å². The average Bonchev–Trinajstić information content (AvgIpc) is 2.16. The fourth-order valence-corrected chi connectivity index (χ4v) is 2.14. The summed E-state index contributed by atoms with van der Waals surface area (Å²) in [5, 5.41) is 6.42. The number of piperazine rings is 1. The number of hydrogen-bond donors (Lipinski definition) is 2. The number of nitrogens with zero attached hydrogens (tertiary/aromatic N) is 1. The van der Waals surface area contributed by atoms with E-state index < -0.39 is 0 Å². The molecule has 0 spiro atoms. The molecule has 15 heavy (non-hydrogen) atoms. The van der Waals surface area contributed by atoms with E-state index in [4.69, 9.17) is 0 Å². The van der Waals surface area contributed by atoms with Crippen LogP contribution in [0.1, 0.15) is 25.7 Å². The second-order valence-corrected chi connectivity index (χ2v) is 4.74. The van der Waals surface area contributed by atoms with Crippen molar-refractivity contribution in [3.8, 4) is 0 Å². The van der Waals surface area contributed by atoms with Crippen LogP contribution >= 0.6 is 0 Å². The first kappa shape index (κ1) is 10.9. The zero-order valence-corrected chi connectivity index (χ0v) is 9.46. The lowest BCUT2D eigenvalue weighted by Gasteiger charge is -2.33. The normalized spacial score (nSPS) is 28.5. The maximum atomic E-state index is 11.7. The van der Waals surface area contributed by atoms with Gasteiger partial charge in [0.2, 0.25) is 5.91 Å². The number of carbonyl (C=O) groups excluding carboxylic acids is 1. The Morgan fingerprint density at radius 3 is 2.93 bits per heavy atom. The maximum absolute atomic E-state index is 11.7. The van der Waals surface area contributed by atoms with Crippen molar-refractivity contribution in [1.82, 2.24) is 15.5 Å². The van der Waals surface area contributed by atoms with Crippen LogP contribution in [0.5, 0.6) is 0 Å². The Morgan fingerprint density at radius 2 is 2.33 bits per heavy atom. The molecule has 2 rings (SSSR count). The SMILES string of the molecule is CN1CCNCC1CC(=O)NC1CCC1. The van der Waals surface area contributed by atoms with Gasteiger partial charge in [0.15, 0.2) is 0 Å². The molecule has 2 fully saturated rings. The lowest BCUT2D eigenvalue weighted by atomic mass is 9.93. The van der Waals surface area contributed by atoms with E-state index >= 15 is 0 Å². The van der Waals surface area contributed by atoms with E-state index in [0.29, 0.717) is 18.5 Å². The fourth-order valence-electron chi connectivity index (χ4n) is 2.14. The number of amides is 1. The smallest absolute Gasteiger partial charge is 0.221 e. The average molecular weight is 211 g/mol. The number of rotatable bonds is 3. The molecule has 1 amide bonds. The molecule has 2 aliphatic rings. The Morgan fingerprint density at radius 1 is 1.53 bits per heavy atom. The van der Waals surface area contributed by atoms with Crippen molar-refractivity contribution in [2.45, 2.75) is 37.8 Å². The third-order valence-electron chi connectivity index (χ3n) is 3.54. The van der Waals surface area contributed by atoms with Gasteiger partial charge < -0.3 is 15.5 Å². The van der Waals surface area contributed by atoms with Crippen LogP contribution in [0, 0.1) is 0 Å². The van der Waals surface area contributed by atoms with E-state index in [0.717, 1.165) is 19.6 Å². The first-order valence-electron chi connectivity index (χ1n) is 5.96. The van der Waals surface area contributed by atoms with Crippen molar-refractivity contribution in [1.29, 1.82) is 0 Å². The number of carbonyl (C=O) groups is 1. The second-order valence-electron chi connectivity index (χ2n) is 4.74. The summed E-state index contributed by atoms with van der Waals surface area (Å²) < 4.78 is 0. The van der Waals surface area contributed by atoms with Crippen molar-refractivity contribution < 1.29 is 4.79 Å². The summed E-state index contributed by atoms with van der Waals surface area (Å²) in [6.45, 7) is 3.02. The van der Waals surface area contributed by atoms with E-state index in [1.807, 2.05) is 0 Å². The number of likely N-dealkylation sites (N-methyl/N-ethyl adjacent to an activating group) is 1. The molecule has 1 unspecified atom stereocenters. The third kappa shape index (κ3) is 2.92. The largest absolute Gasteiger partial charge is 0.353 e. The zero-order chi connectivity index (χ0) is 10.7. The highest BCUT2D eigenvalue weighted by Gasteiger charge is 2.24. The summed E-state index contributed by atoms with van der Waals surface area (Å²) in [5.41, 5.74) is 0. The monoisotopic (exact) mass is 211 g/mol. The maximum Gasteiger partial charge on any atom is 0.221 e. The zero-order valence-electron chi connectivity index (χ0n) is 9.46. The first-order chi connectivity index (χ1) is 7.25. The van der Waals surface area contributed by atoms with Crippen LogP contribution in [0.3, 0.4) is 0 Å². The van der Waals surface area contributed by atoms with Crippen LogP contribution in [-0.4, -0.2) is 49.6 Å². The van der Waals surface area contributed by atoms with Crippen molar-refractivity contribution in [2.24, 2.45) is 0 Å². The van der Waals surface area contributed by atoms with E-state index in [1.165, 1.54) is 19.3 Å². The molecule has 0 aromatic rings. The van der Waals surface area contributed by atoms with Crippen molar-refractivity contribution >= 4 is 5.91 Å². The summed E-state index contributed by atoms with van der Waals surface area (Å²) >= 11 is 0. The van der Waals surface area contributed by atoms with Gasteiger partial charge in [0, 0.05) is 38.1 Å². The molecule has 4 heteroatoms. The molecule has 1 saturated carbocycles. The molecule has 0 aromatic heterocycles. The van der Waals surface area contributed by atoms with Gasteiger partial charge in [-0.1, -0.05) is 0 Å². The number of hydrogen-bond acceptors (Lipinski definition) is 3. The van der Waals surface area contributed by atoms with Gasteiger partial charge in [-0.25, -0.2) is 0 Å². The van der Waals surface area contributed by atoms with Crippen LogP contribution in [0.25, 0.3) is 0 Å². The summed E-state index contributed by atoms with van der Waals surface area (Å²) in [6.07, 6.45) is 4.25. The second kappa shape index (κ2) is 4.94. The lowest BCUT2D eigenvalue weighted by Crippen LogP contribution is -2.51. The van der Waals surface area contributed by atoms with Gasteiger partial charge in [-0.15, -0.1) is 0 Å². The van der Waals surface area contributed by atoms with Crippen LogP contribution in [0.4, 0.5) is 0 Å². The predicted molar refractivity (Wildman–Crippen MR) is 59.7 cm³/mol. The minimum atomic E-state index is 0.222. The Labute approximate surface area is 91.4 Å². The van der Waals surface area contributed by atoms with Gasteiger partial charge in [0.05, 0.1) is 0 Å². The third-order valence-corrected chi connectivity index (χ3v) is 3.54. The summed E-state index contributed by atoms with van der Waals surface area (Å²) in [4.78, 5) is 14.0. The number of nitrogens with one attached hydrogen (secondary N) is 2. The van der Waals surface area contributed by atoms with Gasteiger partial charge in [-0.05, 0) is 26.3 Å². The minimum Gasteiger partial charge on any atom is -0.353 e. The fraction of sp³-hybridized carbons (Fsp3) is 0.909. The molecular formula is C11H21N3O. The van der Waals surface area contributed by atoms with Crippen LogP contribution in [0.15, 0.2) is 0 Å². The Hall–Kier alpha value is -0.610. The van der Waals surface area contributed by atoms with Gasteiger partial charge in [-0.3, -0.25) is 4.79 Å². The van der Waals surface area contributed by atoms with Gasteiger partial charge in [-0.2, -0.15) is 0 Å². The van der Waals surface area contributed by atoms with Crippen molar-refractivity contribution in [3.63, 3.8) is 0 Å². The molecule has 1 saturated heterocycles. The summed E-state index contributed by atoms with van der Waals surface area (Å²) in [6, 6.07) is 0.846. The lowest BCUT2D eigenvalue weighted by molar-refractivity contribution is -0.123. The molecule has 0 bridgehead atoms. The quantitative estimate of drug-likeness (QED) is 0.688. The highest BCUT2D eigenvalue weighted by molar-refractivity contribution is 5.77. The van der Waals surface area contributed by atoms with Gasteiger partial charge in [0.25, 0.3) is 0 Å². The first-order valence-corrected chi connectivity index (χ1v) is 5.96. The van der Waals surface area contributed by atoms with E-state index in [2.05, 4.69) is 22.6 Å². The molecule has 0 radical (unpaired) electrons. The summed E-state index contributed by atoms with van der Waals surface area (Å²) in [7, 11) is 2.10. The Bertz CT molecular complexity index is 228.